The number of fused-ring (bicyclic) bond motifs is 1. The number of sulfonamides is 1. The molecule has 0 bridgehead atoms. The number of methoxy groups -OCH3 is 1. The maximum absolute atomic E-state index is 13.7. The summed E-state index contributed by atoms with van der Waals surface area (Å²) in [4.78, 5) is 14.6. The molecule has 0 spiro atoms. The van der Waals surface area contributed by atoms with Crippen molar-refractivity contribution in [3.8, 4) is 23.3 Å². The minimum Gasteiger partial charge on any atom is -0.497 e. The second kappa shape index (κ2) is 13.6. The van der Waals surface area contributed by atoms with Crippen LogP contribution in [0.4, 0.5) is 4.79 Å². The summed E-state index contributed by atoms with van der Waals surface area (Å²) in [5.41, 5.74) is 1.37. The normalized spacial score (nSPS) is 21.6. The molecule has 0 saturated heterocycles. The summed E-state index contributed by atoms with van der Waals surface area (Å²) in [6, 6.07) is 11.5. The van der Waals surface area contributed by atoms with Gasteiger partial charge in [-0.15, -0.1) is 0 Å². The molecule has 0 radical (unpaired) electrons. The summed E-state index contributed by atoms with van der Waals surface area (Å²) in [5.74, 6) is 6.83. The first-order valence-electron chi connectivity index (χ1n) is 14.2. The number of urea groups is 1. The molecule has 2 N–H and O–H groups in total. The fourth-order valence-corrected chi connectivity index (χ4v) is 7.05. The van der Waals surface area contributed by atoms with Gasteiger partial charge in [0.2, 0.25) is 10.0 Å². The zero-order chi connectivity index (χ0) is 29.6. The van der Waals surface area contributed by atoms with E-state index in [9.17, 15) is 18.3 Å². The number of rotatable bonds is 6. The quantitative estimate of drug-likeness (QED) is 0.501. The third kappa shape index (κ3) is 7.53. The molecular weight excluding hydrogens is 542 g/mol. The molecule has 0 aromatic heterocycles. The fourth-order valence-electron chi connectivity index (χ4n) is 5.22. The molecule has 4 rings (SSSR count). The Morgan fingerprint density at radius 2 is 1.80 bits per heavy atom. The first-order valence-corrected chi connectivity index (χ1v) is 15.7. The first-order chi connectivity index (χ1) is 19.6. The van der Waals surface area contributed by atoms with Crippen LogP contribution in [0.3, 0.4) is 0 Å². The lowest BCUT2D eigenvalue weighted by Gasteiger charge is -2.37. The number of aliphatic hydroxyl groups is 1. The van der Waals surface area contributed by atoms with Crippen LogP contribution in [0.15, 0.2) is 47.4 Å². The van der Waals surface area contributed by atoms with Crippen LogP contribution in [-0.2, 0) is 10.0 Å². The molecular formula is C31H41N3O6S. The highest BCUT2D eigenvalue weighted by Gasteiger charge is 2.38. The largest absolute Gasteiger partial charge is 0.497 e. The monoisotopic (exact) mass is 583 g/mol. The Bertz CT molecular complexity index is 1360. The third-order valence-corrected chi connectivity index (χ3v) is 9.86. The SMILES string of the molecule is COc1ccc(C#Cc2ccc3c(c2)O[C@@H](CN(C)C(=O)NC2CCCCC2)[C@@H](C)CN([C@H](C)CO)S3(=O)=O)cc1. The minimum absolute atomic E-state index is 0.0130. The molecule has 9 nitrogen and oxygen atoms in total. The van der Waals surface area contributed by atoms with E-state index >= 15 is 0 Å². The minimum atomic E-state index is -3.97. The van der Waals surface area contributed by atoms with E-state index in [1.165, 1.54) is 16.8 Å². The van der Waals surface area contributed by atoms with Gasteiger partial charge >= 0.3 is 6.03 Å². The average molecular weight is 584 g/mol. The van der Waals surface area contributed by atoms with Crippen LogP contribution in [-0.4, -0.2) is 80.8 Å². The summed E-state index contributed by atoms with van der Waals surface area (Å²) in [6.45, 7) is 3.68. The molecule has 2 aromatic carbocycles. The molecule has 0 unspecified atom stereocenters. The van der Waals surface area contributed by atoms with Gasteiger partial charge in [0.05, 0.1) is 20.3 Å². The Hall–Kier alpha value is -3.26. The molecule has 3 atom stereocenters. The molecule has 10 heteroatoms. The van der Waals surface area contributed by atoms with Gasteiger partial charge in [-0.25, -0.2) is 13.2 Å². The number of nitrogens with zero attached hydrogens (tertiary/aromatic N) is 2. The molecule has 2 aliphatic rings. The van der Waals surface area contributed by atoms with Crippen LogP contribution in [0.1, 0.15) is 57.1 Å². The molecule has 1 aliphatic heterocycles. The highest BCUT2D eigenvalue weighted by Crippen LogP contribution is 2.34. The third-order valence-electron chi connectivity index (χ3n) is 7.84. The van der Waals surface area contributed by atoms with Crippen LogP contribution in [0.25, 0.3) is 0 Å². The zero-order valence-electron chi connectivity index (χ0n) is 24.3. The van der Waals surface area contributed by atoms with Gasteiger partial charge in [-0.05, 0) is 62.2 Å². The van der Waals surface area contributed by atoms with E-state index in [4.69, 9.17) is 9.47 Å². The topological polar surface area (TPSA) is 108 Å². The van der Waals surface area contributed by atoms with Crippen molar-refractivity contribution in [2.45, 2.75) is 69.0 Å². The van der Waals surface area contributed by atoms with Crippen LogP contribution in [0.5, 0.6) is 11.5 Å². The van der Waals surface area contributed by atoms with E-state index in [1.807, 2.05) is 31.2 Å². The number of aliphatic hydroxyl groups excluding tert-OH is 1. The van der Waals surface area contributed by atoms with E-state index in [-0.39, 0.29) is 48.3 Å². The van der Waals surface area contributed by atoms with Crippen molar-refractivity contribution in [1.29, 1.82) is 0 Å². The fraction of sp³-hybridized carbons (Fsp3) is 0.516. The van der Waals surface area contributed by atoms with Crippen LogP contribution >= 0.6 is 0 Å². The number of carbonyl (C=O) groups excluding carboxylic acids is 1. The predicted molar refractivity (Wildman–Crippen MR) is 157 cm³/mol. The van der Waals surface area contributed by atoms with Gasteiger partial charge in [-0.2, -0.15) is 4.31 Å². The summed E-state index contributed by atoms with van der Waals surface area (Å²) in [5, 5.41) is 13.0. The zero-order valence-corrected chi connectivity index (χ0v) is 25.1. The number of hydrogen-bond acceptors (Lipinski definition) is 6. The predicted octanol–water partition coefficient (Wildman–Crippen LogP) is 3.84. The van der Waals surface area contributed by atoms with Crippen molar-refractivity contribution in [2.75, 3.05) is 33.9 Å². The molecule has 1 heterocycles. The second-order valence-electron chi connectivity index (χ2n) is 11.0. The van der Waals surface area contributed by atoms with Gasteiger partial charge in [-0.3, -0.25) is 0 Å². The molecule has 41 heavy (non-hydrogen) atoms. The smallest absolute Gasteiger partial charge is 0.317 e. The number of ether oxygens (including phenoxy) is 2. The van der Waals surface area contributed by atoms with E-state index < -0.39 is 22.2 Å². The van der Waals surface area contributed by atoms with Gasteiger partial charge in [0.15, 0.2) is 0 Å². The Kier molecular flexibility index (Phi) is 10.2. The van der Waals surface area contributed by atoms with Crippen LogP contribution < -0.4 is 14.8 Å². The van der Waals surface area contributed by atoms with Crippen molar-refractivity contribution >= 4 is 16.1 Å². The Labute approximate surface area is 243 Å². The van der Waals surface area contributed by atoms with E-state index in [2.05, 4.69) is 17.2 Å². The summed E-state index contributed by atoms with van der Waals surface area (Å²) in [7, 11) is -0.639. The molecule has 1 aliphatic carbocycles. The standard InChI is InChI=1S/C31H41N3O6S/c1-22-19-34(23(2)21-35)41(37,38)30-17-14-25(11-10-24-12-15-27(39-4)16-13-24)18-28(30)40-29(22)20-33(3)31(36)32-26-8-6-5-7-9-26/h12-18,22-23,26,29,35H,5-9,19-21H2,1-4H3,(H,32,36)/t22-,23+,29-/m0/s1. The lowest BCUT2D eigenvalue weighted by molar-refractivity contribution is 0.0806. The van der Waals surface area contributed by atoms with Crippen molar-refractivity contribution in [1.82, 2.24) is 14.5 Å². The number of benzene rings is 2. The lowest BCUT2D eigenvalue weighted by atomic mass is 9.96. The van der Waals surface area contributed by atoms with Gasteiger partial charge in [0.1, 0.15) is 22.5 Å². The van der Waals surface area contributed by atoms with Crippen molar-refractivity contribution in [3.05, 3.63) is 53.6 Å². The Morgan fingerprint density at radius 3 is 2.46 bits per heavy atom. The Morgan fingerprint density at radius 1 is 1.15 bits per heavy atom. The summed E-state index contributed by atoms with van der Waals surface area (Å²) < 4.78 is 40.4. The van der Waals surface area contributed by atoms with Crippen molar-refractivity contribution in [2.24, 2.45) is 5.92 Å². The average Bonchev–Trinajstić information content (AvgIpc) is 2.98. The highest BCUT2D eigenvalue weighted by molar-refractivity contribution is 7.89. The number of likely N-dealkylation sites (N-methyl/N-ethyl adjacent to an activating group) is 1. The van der Waals surface area contributed by atoms with Crippen LogP contribution in [0.2, 0.25) is 0 Å². The highest BCUT2D eigenvalue weighted by atomic mass is 32.2. The maximum atomic E-state index is 13.7. The summed E-state index contributed by atoms with van der Waals surface area (Å²) >= 11 is 0. The van der Waals surface area contributed by atoms with Gasteiger partial charge < -0.3 is 24.8 Å². The number of hydrogen-bond donors (Lipinski definition) is 2. The van der Waals surface area contributed by atoms with Gasteiger partial charge in [-0.1, -0.05) is 38.0 Å². The molecule has 222 valence electrons. The molecule has 2 amide bonds. The van der Waals surface area contributed by atoms with E-state index in [0.29, 0.717) is 5.56 Å². The maximum Gasteiger partial charge on any atom is 0.317 e. The van der Waals surface area contributed by atoms with E-state index in [1.54, 1.807) is 38.1 Å². The van der Waals surface area contributed by atoms with Gasteiger partial charge in [0.25, 0.3) is 0 Å². The second-order valence-corrected chi connectivity index (χ2v) is 12.9. The molecule has 1 fully saturated rings. The molecule has 1 saturated carbocycles. The Balaban J connectivity index is 1.63. The van der Waals surface area contributed by atoms with Crippen molar-refractivity contribution < 1.29 is 27.8 Å². The molecule has 2 aromatic rings. The number of nitrogens with one attached hydrogen (secondary N) is 1. The van der Waals surface area contributed by atoms with Crippen LogP contribution in [0, 0.1) is 17.8 Å². The first kappa shape index (κ1) is 30.7. The lowest BCUT2D eigenvalue weighted by Crippen LogP contribution is -2.52. The number of carbonyl (C=O) groups is 1. The number of amides is 2. The summed E-state index contributed by atoms with van der Waals surface area (Å²) in [6.07, 6.45) is 4.90. The van der Waals surface area contributed by atoms with E-state index in [0.717, 1.165) is 37.0 Å². The van der Waals surface area contributed by atoms with Crippen molar-refractivity contribution in [3.63, 3.8) is 0 Å². The van der Waals surface area contributed by atoms with Gasteiger partial charge in [0, 0.05) is 42.7 Å².